The van der Waals surface area contributed by atoms with Crippen molar-refractivity contribution in [3.63, 3.8) is 0 Å². The lowest BCUT2D eigenvalue weighted by molar-refractivity contribution is 0.152. The predicted octanol–water partition coefficient (Wildman–Crippen LogP) is 5.77. The Morgan fingerprint density at radius 2 is 1.52 bits per heavy atom. The van der Waals surface area contributed by atoms with Gasteiger partial charge in [-0.25, -0.2) is 0 Å². The lowest BCUT2D eigenvalue weighted by atomic mass is 9.86. The van der Waals surface area contributed by atoms with Gasteiger partial charge in [-0.3, -0.25) is 4.90 Å². The summed E-state index contributed by atoms with van der Waals surface area (Å²) in [5, 5.41) is 0. The van der Waals surface area contributed by atoms with Crippen LogP contribution in [0.1, 0.15) is 51.9 Å². The van der Waals surface area contributed by atoms with Gasteiger partial charge in [0.1, 0.15) is 0 Å². The van der Waals surface area contributed by atoms with Crippen LogP contribution in [0.5, 0.6) is 0 Å². The lowest BCUT2D eigenvalue weighted by Gasteiger charge is -2.36. The normalized spacial score (nSPS) is 13.6. The highest BCUT2D eigenvalue weighted by Crippen LogP contribution is 2.26. The average molecular weight is 290 g/mol. The van der Waals surface area contributed by atoms with E-state index in [0.717, 1.165) is 25.9 Å². The molecule has 0 saturated carbocycles. The minimum Gasteiger partial charge on any atom is -0.293 e. The summed E-state index contributed by atoms with van der Waals surface area (Å²) in [7, 11) is 0. The molecule has 0 bridgehead atoms. The Labute approximate surface area is 133 Å². The standard InChI is InChI=1S/C20H35N/c1-6-11-13-16-20(21(17-9-4)18-10-5)19(14-8-3)15-12-7-2/h7-10,19-20H,2-6,11-18H2,1H3. The van der Waals surface area contributed by atoms with Crippen LogP contribution in [0.4, 0.5) is 0 Å². The van der Waals surface area contributed by atoms with Gasteiger partial charge in [-0.2, -0.15) is 0 Å². The Hall–Kier alpha value is -1.08. The molecular formula is C20H35N. The molecule has 0 aliphatic carbocycles. The van der Waals surface area contributed by atoms with E-state index >= 15 is 0 Å². The number of nitrogens with zero attached hydrogens (tertiary/aromatic N) is 1. The molecule has 0 spiro atoms. The average Bonchev–Trinajstić information content (AvgIpc) is 2.48. The Morgan fingerprint density at radius 1 is 0.857 bits per heavy atom. The molecule has 0 aromatic heterocycles. The molecule has 21 heavy (non-hydrogen) atoms. The summed E-state index contributed by atoms with van der Waals surface area (Å²) in [5.41, 5.74) is 0. The van der Waals surface area contributed by atoms with E-state index in [1.54, 1.807) is 0 Å². The van der Waals surface area contributed by atoms with Crippen LogP contribution in [0, 0.1) is 5.92 Å². The monoisotopic (exact) mass is 289 g/mol. The van der Waals surface area contributed by atoms with Gasteiger partial charge >= 0.3 is 0 Å². The van der Waals surface area contributed by atoms with Gasteiger partial charge in [0.05, 0.1) is 0 Å². The number of allylic oxidation sites excluding steroid dienone is 2. The fourth-order valence-electron chi connectivity index (χ4n) is 3.01. The van der Waals surface area contributed by atoms with Crippen molar-refractivity contribution in [2.45, 2.75) is 57.9 Å². The Kier molecular flexibility index (Phi) is 13.2. The third kappa shape index (κ3) is 8.72. The van der Waals surface area contributed by atoms with Crippen molar-refractivity contribution in [1.82, 2.24) is 4.90 Å². The molecule has 1 nitrogen and oxygen atoms in total. The maximum absolute atomic E-state index is 3.95. The van der Waals surface area contributed by atoms with Crippen LogP contribution < -0.4 is 0 Å². The van der Waals surface area contributed by atoms with Crippen LogP contribution in [0.3, 0.4) is 0 Å². The number of hydrogen-bond acceptors (Lipinski definition) is 1. The van der Waals surface area contributed by atoms with Crippen molar-refractivity contribution in [2.24, 2.45) is 5.92 Å². The first-order chi connectivity index (χ1) is 10.2. The van der Waals surface area contributed by atoms with E-state index in [2.05, 4.69) is 44.2 Å². The molecule has 0 rings (SSSR count). The van der Waals surface area contributed by atoms with Gasteiger partial charge in [0, 0.05) is 19.1 Å². The van der Waals surface area contributed by atoms with Crippen LogP contribution in [0.25, 0.3) is 0 Å². The van der Waals surface area contributed by atoms with E-state index in [1.807, 2.05) is 18.2 Å². The van der Waals surface area contributed by atoms with Crippen molar-refractivity contribution >= 4 is 0 Å². The molecular weight excluding hydrogens is 254 g/mol. The van der Waals surface area contributed by atoms with Gasteiger partial charge in [-0.15, -0.1) is 26.3 Å². The van der Waals surface area contributed by atoms with E-state index in [1.165, 1.54) is 32.1 Å². The van der Waals surface area contributed by atoms with Gasteiger partial charge in [-0.05, 0) is 31.6 Å². The van der Waals surface area contributed by atoms with Gasteiger partial charge in [0.25, 0.3) is 0 Å². The summed E-state index contributed by atoms with van der Waals surface area (Å²) in [6.45, 7) is 19.8. The summed E-state index contributed by atoms with van der Waals surface area (Å²) in [6.07, 6.45) is 16.6. The van der Waals surface area contributed by atoms with Crippen molar-refractivity contribution in [3.05, 3.63) is 50.6 Å². The van der Waals surface area contributed by atoms with Gasteiger partial charge < -0.3 is 0 Å². The third-order valence-corrected chi connectivity index (χ3v) is 4.05. The Bertz CT molecular complexity index is 282. The molecule has 2 unspecified atom stereocenters. The fourth-order valence-corrected chi connectivity index (χ4v) is 3.01. The highest BCUT2D eigenvalue weighted by molar-refractivity contribution is 4.91. The number of rotatable bonds is 15. The second-order valence-corrected chi connectivity index (χ2v) is 5.74. The first-order valence-corrected chi connectivity index (χ1v) is 8.42. The van der Waals surface area contributed by atoms with Crippen molar-refractivity contribution in [2.75, 3.05) is 13.1 Å². The minimum absolute atomic E-state index is 0.588. The SMILES string of the molecule is C=CCCC(CC=C)C(CCCCC)N(CC=C)CC=C. The molecule has 0 saturated heterocycles. The zero-order chi connectivity index (χ0) is 15.9. The van der Waals surface area contributed by atoms with Crippen LogP contribution in [0.2, 0.25) is 0 Å². The summed E-state index contributed by atoms with van der Waals surface area (Å²) in [4.78, 5) is 2.52. The van der Waals surface area contributed by atoms with E-state index in [4.69, 9.17) is 0 Å². The summed E-state index contributed by atoms with van der Waals surface area (Å²) in [6, 6.07) is 0.588. The largest absolute Gasteiger partial charge is 0.293 e. The smallest absolute Gasteiger partial charge is 0.0166 e. The zero-order valence-corrected chi connectivity index (χ0v) is 14.1. The number of hydrogen-bond donors (Lipinski definition) is 0. The molecule has 0 radical (unpaired) electrons. The fraction of sp³-hybridized carbons (Fsp3) is 0.600. The maximum atomic E-state index is 3.95. The molecule has 0 fully saturated rings. The topological polar surface area (TPSA) is 3.24 Å². The first kappa shape index (κ1) is 19.9. The van der Waals surface area contributed by atoms with Crippen LogP contribution in [-0.4, -0.2) is 24.0 Å². The molecule has 0 heterocycles. The summed E-state index contributed by atoms with van der Waals surface area (Å²) in [5.74, 6) is 0.650. The molecule has 1 heteroatoms. The molecule has 0 aromatic carbocycles. The third-order valence-electron chi connectivity index (χ3n) is 4.05. The lowest BCUT2D eigenvalue weighted by Crippen LogP contribution is -2.41. The summed E-state index contributed by atoms with van der Waals surface area (Å²) < 4.78 is 0. The van der Waals surface area contributed by atoms with Gasteiger partial charge in [-0.1, -0.05) is 50.5 Å². The van der Waals surface area contributed by atoms with E-state index < -0.39 is 0 Å². The highest BCUT2D eigenvalue weighted by atomic mass is 15.1. The molecule has 0 aliphatic rings. The second kappa shape index (κ2) is 13.9. The van der Waals surface area contributed by atoms with Crippen LogP contribution in [0.15, 0.2) is 50.6 Å². The highest BCUT2D eigenvalue weighted by Gasteiger charge is 2.24. The molecule has 120 valence electrons. The quantitative estimate of drug-likeness (QED) is 0.273. The Balaban J connectivity index is 4.97. The van der Waals surface area contributed by atoms with Gasteiger partial charge in [0.2, 0.25) is 0 Å². The maximum Gasteiger partial charge on any atom is 0.0166 e. The molecule has 0 N–H and O–H groups in total. The van der Waals surface area contributed by atoms with Crippen molar-refractivity contribution < 1.29 is 0 Å². The molecule has 0 amide bonds. The first-order valence-electron chi connectivity index (χ1n) is 8.42. The second-order valence-electron chi connectivity index (χ2n) is 5.74. The van der Waals surface area contributed by atoms with Crippen LogP contribution >= 0.6 is 0 Å². The molecule has 2 atom stereocenters. The number of unbranched alkanes of at least 4 members (excludes halogenated alkanes) is 2. The van der Waals surface area contributed by atoms with Crippen molar-refractivity contribution in [1.29, 1.82) is 0 Å². The molecule has 0 aromatic rings. The van der Waals surface area contributed by atoms with E-state index in [-0.39, 0.29) is 0 Å². The van der Waals surface area contributed by atoms with Crippen LogP contribution in [-0.2, 0) is 0 Å². The Morgan fingerprint density at radius 3 is 2.00 bits per heavy atom. The molecule has 0 aliphatic heterocycles. The minimum atomic E-state index is 0.588. The van der Waals surface area contributed by atoms with E-state index in [9.17, 15) is 0 Å². The van der Waals surface area contributed by atoms with E-state index in [0.29, 0.717) is 12.0 Å². The summed E-state index contributed by atoms with van der Waals surface area (Å²) >= 11 is 0. The van der Waals surface area contributed by atoms with Crippen molar-refractivity contribution in [3.8, 4) is 0 Å². The zero-order valence-electron chi connectivity index (χ0n) is 14.1. The predicted molar refractivity (Wildman–Crippen MR) is 97.6 cm³/mol. The van der Waals surface area contributed by atoms with Gasteiger partial charge in [0.15, 0.2) is 0 Å².